The number of carbonyl (C=O) groups excluding carboxylic acids is 1. The van der Waals surface area contributed by atoms with E-state index in [4.69, 9.17) is 5.73 Å². The molecule has 2 rings (SSSR count). The normalized spacial score (nSPS) is 12.0. The second-order valence-corrected chi connectivity index (χ2v) is 4.84. The van der Waals surface area contributed by atoms with Crippen molar-refractivity contribution in [2.75, 3.05) is 5.32 Å². The summed E-state index contributed by atoms with van der Waals surface area (Å²) in [6.45, 7) is 1.83. The van der Waals surface area contributed by atoms with Crippen LogP contribution in [0.1, 0.15) is 24.1 Å². The zero-order valence-electron chi connectivity index (χ0n) is 11.6. The molecule has 0 spiro atoms. The maximum absolute atomic E-state index is 13.5. The number of nitrogens with one attached hydrogen (secondary N) is 1. The van der Waals surface area contributed by atoms with Gasteiger partial charge in [-0.15, -0.1) is 0 Å². The average molecular weight is 290 g/mol. The Morgan fingerprint density at radius 3 is 2.43 bits per heavy atom. The summed E-state index contributed by atoms with van der Waals surface area (Å²) in [7, 11) is 0. The Morgan fingerprint density at radius 1 is 1.19 bits per heavy atom. The van der Waals surface area contributed by atoms with Gasteiger partial charge in [-0.1, -0.05) is 18.2 Å². The highest BCUT2D eigenvalue weighted by Gasteiger charge is 2.13. The van der Waals surface area contributed by atoms with Gasteiger partial charge >= 0.3 is 0 Å². The molecule has 0 aliphatic heterocycles. The van der Waals surface area contributed by atoms with Gasteiger partial charge in [-0.05, 0) is 36.8 Å². The van der Waals surface area contributed by atoms with Crippen LogP contribution < -0.4 is 11.1 Å². The van der Waals surface area contributed by atoms with Crippen molar-refractivity contribution in [3.05, 3.63) is 65.2 Å². The zero-order chi connectivity index (χ0) is 15.4. The third-order valence-corrected chi connectivity index (χ3v) is 3.10. The Bertz CT molecular complexity index is 636. The van der Waals surface area contributed by atoms with E-state index in [0.717, 1.165) is 17.7 Å². The Balaban J connectivity index is 2.10. The molecule has 0 aliphatic rings. The lowest BCUT2D eigenvalue weighted by Gasteiger charge is -2.10. The summed E-state index contributed by atoms with van der Waals surface area (Å²) in [6.07, 6.45) is -0.360. The topological polar surface area (TPSA) is 55.1 Å². The van der Waals surface area contributed by atoms with Crippen molar-refractivity contribution in [2.45, 2.75) is 19.4 Å². The molecule has 3 N–H and O–H groups in total. The first-order chi connectivity index (χ1) is 9.97. The smallest absolute Gasteiger partial charge is 0.229 e. The van der Waals surface area contributed by atoms with E-state index in [-0.39, 0.29) is 18.0 Å². The Morgan fingerprint density at radius 2 is 1.81 bits per heavy atom. The predicted octanol–water partition coefficient (Wildman–Crippen LogP) is 3.17. The minimum Gasteiger partial charge on any atom is -0.326 e. The van der Waals surface area contributed by atoms with Crippen molar-refractivity contribution < 1.29 is 13.6 Å². The molecule has 1 atom stereocenters. The number of amides is 1. The molecule has 0 bridgehead atoms. The van der Waals surface area contributed by atoms with Crippen LogP contribution in [0.2, 0.25) is 0 Å². The van der Waals surface area contributed by atoms with E-state index >= 15 is 0 Å². The lowest BCUT2D eigenvalue weighted by atomic mass is 10.1. The van der Waals surface area contributed by atoms with Crippen molar-refractivity contribution in [2.24, 2.45) is 5.73 Å². The van der Waals surface area contributed by atoms with Crippen molar-refractivity contribution in [3.63, 3.8) is 0 Å². The molecule has 1 amide bonds. The van der Waals surface area contributed by atoms with E-state index in [1.807, 2.05) is 13.0 Å². The van der Waals surface area contributed by atoms with Gasteiger partial charge < -0.3 is 11.1 Å². The standard InChI is InChI=1S/C16H16F2N2O/c1-10(19)11-4-2-5-12(8-11)20-16(21)9-13-14(17)6-3-7-15(13)18/h2-8,10H,9,19H2,1H3,(H,20,21). The monoisotopic (exact) mass is 290 g/mol. The molecule has 0 heterocycles. The van der Waals surface area contributed by atoms with Crippen molar-refractivity contribution in [3.8, 4) is 0 Å². The lowest BCUT2D eigenvalue weighted by molar-refractivity contribution is -0.115. The third-order valence-electron chi connectivity index (χ3n) is 3.10. The molecule has 0 aliphatic carbocycles. The first kappa shape index (κ1) is 15.1. The highest BCUT2D eigenvalue weighted by atomic mass is 19.1. The fourth-order valence-electron chi connectivity index (χ4n) is 1.97. The molecule has 110 valence electrons. The Labute approximate surface area is 121 Å². The van der Waals surface area contributed by atoms with Crippen LogP contribution in [0.15, 0.2) is 42.5 Å². The minimum absolute atomic E-state index is 0.161. The van der Waals surface area contributed by atoms with Crippen LogP contribution in [0, 0.1) is 11.6 Å². The lowest BCUT2D eigenvalue weighted by Crippen LogP contribution is -2.16. The molecule has 0 saturated carbocycles. The zero-order valence-corrected chi connectivity index (χ0v) is 11.6. The quantitative estimate of drug-likeness (QED) is 0.908. The molecule has 1 unspecified atom stereocenters. The summed E-state index contributed by atoms with van der Waals surface area (Å²) in [6, 6.07) is 10.4. The summed E-state index contributed by atoms with van der Waals surface area (Å²) in [5, 5.41) is 2.61. The van der Waals surface area contributed by atoms with Gasteiger partial charge in [0, 0.05) is 17.3 Å². The molecular formula is C16H16F2N2O. The van der Waals surface area contributed by atoms with Crippen LogP contribution in [0.25, 0.3) is 0 Å². The van der Waals surface area contributed by atoms with E-state index in [9.17, 15) is 13.6 Å². The highest BCUT2D eigenvalue weighted by molar-refractivity contribution is 5.92. The van der Waals surface area contributed by atoms with Crippen molar-refractivity contribution >= 4 is 11.6 Å². The molecule has 21 heavy (non-hydrogen) atoms. The van der Waals surface area contributed by atoms with Crippen LogP contribution >= 0.6 is 0 Å². The molecule has 0 fully saturated rings. The summed E-state index contributed by atoms with van der Waals surface area (Å²) in [5.74, 6) is -1.94. The number of hydrogen-bond donors (Lipinski definition) is 2. The molecular weight excluding hydrogens is 274 g/mol. The Hall–Kier alpha value is -2.27. The third kappa shape index (κ3) is 3.86. The van der Waals surface area contributed by atoms with E-state index in [0.29, 0.717) is 5.69 Å². The van der Waals surface area contributed by atoms with Gasteiger partial charge in [-0.25, -0.2) is 8.78 Å². The van der Waals surface area contributed by atoms with Crippen LogP contribution in [0.5, 0.6) is 0 Å². The average Bonchev–Trinajstić information content (AvgIpc) is 2.43. The summed E-state index contributed by atoms with van der Waals surface area (Å²) >= 11 is 0. The van der Waals surface area contributed by atoms with Gasteiger partial charge in [-0.2, -0.15) is 0 Å². The van der Waals surface area contributed by atoms with E-state index in [1.54, 1.807) is 18.2 Å². The molecule has 5 heteroatoms. The molecule has 0 radical (unpaired) electrons. The molecule has 2 aromatic carbocycles. The number of rotatable bonds is 4. The highest BCUT2D eigenvalue weighted by Crippen LogP contribution is 2.17. The summed E-state index contributed by atoms with van der Waals surface area (Å²) in [5.41, 5.74) is 6.94. The van der Waals surface area contributed by atoms with Crippen LogP contribution in [-0.2, 0) is 11.2 Å². The summed E-state index contributed by atoms with van der Waals surface area (Å²) < 4.78 is 27.0. The Kier molecular flexibility index (Phi) is 4.65. The number of anilines is 1. The van der Waals surface area contributed by atoms with Gasteiger partial charge in [0.1, 0.15) is 11.6 Å². The maximum Gasteiger partial charge on any atom is 0.229 e. The first-order valence-electron chi connectivity index (χ1n) is 6.55. The molecule has 0 aromatic heterocycles. The van der Waals surface area contributed by atoms with E-state index in [1.165, 1.54) is 6.07 Å². The second-order valence-electron chi connectivity index (χ2n) is 4.84. The van der Waals surface area contributed by atoms with Gasteiger partial charge in [0.05, 0.1) is 6.42 Å². The fourth-order valence-corrected chi connectivity index (χ4v) is 1.97. The van der Waals surface area contributed by atoms with Gasteiger partial charge in [0.15, 0.2) is 0 Å². The second kappa shape index (κ2) is 6.45. The van der Waals surface area contributed by atoms with Crippen molar-refractivity contribution in [1.29, 1.82) is 0 Å². The number of nitrogens with two attached hydrogens (primary N) is 1. The SMILES string of the molecule is CC(N)c1cccc(NC(=O)Cc2c(F)cccc2F)c1. The van der Waals surface area contributed by atoms with Gasteiger partial charge in [0.2, 0.25) is 5.91 Å². The van der Waals surface area contributed by atoms with Crippen LogP contribution in [-0.4, -0.2) is 5.91 Å². The van der Waals surface area contributed by atoms with Gasteiger partial charge in [0.25, 0.3) is 0 Å². The fraction of sp³-hybridized carbons (Fsp3) is 0.188. The number of carbonyl (C=O) groups is 1. The molecule has 0 saturated heterocycles. The largest absolute Gasteiger partial charge is 0.326 e. The molecule has 3 nitrogen and oxygen atoms in total. The first-order valence-corrected chi connectivity index (χ1v) is 6.55. The predicted molar refractivity (Wildman–Crippen MR) is 77.7 cm³/mol. The summed E-state index contributed by atoms with van der Waals surface area (Å²) in [4.78, 5) is 11.9. The molecule has 2 aromatic rings. The van der Waals surface area contributed by atoms with Crippen molar-refractivity contribution in [1.82, 2.24) is 0 Å². The number of hydrogen-bond acceptors (Lipinski definition) is 2. The van der Waals surface area contributed by atoms with Crippen LogP contribution in [0.3, 0.4) is 0 Å². The number of benzene rings is 2. The van der Waals surface area contributed by atoms with E-state index < -0.39 is 17.5 Å². The van der Waals surface area contributed by atoms with Crippen LogP contribution in [0.4, 0.5) is 14.5 Å². The van der Waals surface area contributed by atoms with E-state index in [2.05, 4.69) is 5.32 Å². The maximum atomic E-state index is 13.5. The minimum atomic E-state index is -0.727. The van der Waals surface area contributed by atoms with Gasteiger partial charge in [-0.3, -0.25) is 4.79 Å². The number of halogens is 2.